The SMILES string of the molecule is COC(=O)/C=C1/c2ccccc2C(=O)N2CCCCC12. The summed E-state index contributed by atoms with van der Waals surface area (Å²) < 4.78 is 4.76. The van der Waals surface area contributed by atoms with Crippen LogP contribution in [0, 0.1) is 0 Å². The number of hydrogen-bond acceptors (Lipinski definition) is 3. The lowest BCUT2D eigenvalue weighted by Crippen LogP contribution is -2.47. The van der Waals surface area contributed by atoms with Crippen LogP contribution in [0.1, 0.15) is 35.2 Å². The molecule has 4 heteroatoms. The number of ether oxygens (including phenoxy) is 1. The van der Waals surface area contributed by atoms with E-state index in [-0.39, 0.29) is 17.9 Å². The van der Waals surface area contributed by atoms with Crippen molar-refractivity contribution in [1.29, 1.82) is 0 Å². The van der Waals surface area contributed by atoms with E-state index in [1.54, 1.807) is 0 Å². The smallest absolute Gasteiger partial charge is 0.330 e. The molecule has 1 aromatic carbocycles. The third-order valence-corrected chi connectivity index (χ3v) is 4.07. The minimum absolute atomic E-state index is 0.00486. The molecule has 1 saturated heterocycles. The molecule has 3 rings (SSSR count). The fraction of sp³-hybridized carbons (Fsp3) is 0.375. The number of carbonyl (C=O) groups excluding carboxylic acids is 2. The molecular formula is C16H17NO3. The number of nitrogens with zero attached hydrogens (tertiary/aromatic N) is 1. The summed E-state index contributed by atoms with van der Waals surface area (Å²) in [5, 5.41) is 0. The molecule has 0 aromatic heterocycles. The van der Waals surface area contributed by atoms with Gasteiger partial charge in [0, 0.05) is 18.2 Å². The van der Waals surface area contributed by atoms with Gasteiger partial charge in [-0.3, -0.25) is 4.79 Å². The Hall–Kier alpha value is -2.10. The van der Waals surface area contributed by atoms with Crippen molar-refractivity contribution in [1.82, 2.24) is 4.90 Å². The first kappa shape index (κ1) is 12.9. The number of piperidine rings is 1. The Balaban J connectivity index is 2.14. The maximum atomic E-state index is 12.5. The number of methoxy groups -OCH3 is 1. The molecule has 4 nitrogen and oxygen atoms in total. The summed E-state index contributed by atoms with van der Waals surface area (Å²) in [7, 11) is 1.37. The number of rotatable bonds is 1. The van der Waals surface area contributed by atoms with Gasteiger partial charge in [0.15, 0.2) is 0 Å². The van der Waals surface area contributed by atoms with Crippen LogP contribution in [-0.2, 0) is 9.53 Å². The molecule has 0 bridgehead atoms. The van der Waals surface area contributed by atoms with Gasteiger partial charge in [-0.1, -0.05) is 18.2 Å². The molecule has 0 radical (unpaired) electrons. The Labute approximate surface area is 118 Å². The summed E-state index contributed by atoms with van der Waals surface area (Å²) in [5.41, 5.74) is 2.46. The van der Waals surface area contributed by atoms with E-state index in [2.05, 4.69) is 0 Å². The van der Waals surface area contributed by atoms with Crippen molar-refractivity contribution in [2.75, 3.05) is 13.7 Å². The van der Waals surface area contributed by atoms with E-state index >= 15 is 0 Å². The lowest BCUT2D eigenvalue weighted by atomic mass is 9.83. The minimum atomic E-state index is -0.366. The summed E-state index contributed by atoms with van der Waals surface area (Å²) in [6, 6.07) is 7.50. The van der Waals surface area contributed by atoms with Crippen LogP contribution >= 0.6 is 0 Å². The highest BCUT2D eigenvalue weighted by Crippen LogP contribution is 2.37. The first-order chi connectivity index (χ1) is 9.72. The van der Waals surface area contributed by atoms with Gasteiger partial charge in [0.1, 0.15) is 0 Å². The van der Waals surface area contributed by atoms with E-state index in [0.29, 0.717) is 5.56 Å². The van der Waals surface area contributed by atoms with Gasteiger partial charge in [0.25, 0.3) is 5.91 Å². The van der Waals surface area contributed by atoms with Crippen molar-refractivity contribution in [2.24, 2.45) is 0 Å². The molecule has 1 aromatic rings. The fourth-order valence-electron chi connectivity index (χ4n) is 3.11. The van der Waals surface area contributed by atoms with Crippen LogP contribution in [0.5, 0.6) is 0 Å². The monoisotopic (exact) mass is 271 g/mol. The van der Waals surface area contributed by atoms with Crippen molar-refractivity contribution in [2.45, 2.75) is 25.3 Å². The van der Waals surface area contributed by atoms with Crippen molar-refractivity contribution >= 4 is 17.4 Å². The lowest BCUT2D eigenvalue weighted by molar-refractivity contribution is -0.134. The second kappa shape index (κ2) is 5.12. The van der Waals surface area contributed by atoms with Crippen LogP contribution in [0.4, 0.5) is 0 Å². The average molecular weight is 271 g/mol. The second-order valence-electron chi connectivity index (χ2n) is 5.18. The van der Waals surface area contributed by atoms with E-state index < -0.39 is 0 Å². The first-order valence-corrected chi connectivity index (χ1v) is 6.92. The number of esters is 1. The Morgan fingerprint density at radius 2 is 2.05 bits per heavy atom. The van der Waals surface area contributed by atoms with Crippen LogP contribution in [0.2, 0.25) is 0 Å². The van der Waals surface area contributed by atoms with Crippen molar-refractivity contribution < 1.29 is 14.3 Å². The lowest BCUT2D eigenvalue weighted by Gasteiger charge is -2.41. The van der Waals surface area contributed by atoms with Gasteiger partial charge in [-0.2, -0.15) is 0 Å². The second-order valence-corrected chi connectivity index (χ2v) is 5.18. The Bertz CT molecular complexity index is 591. The maximum Gasteiger partial charge on any atom is 0.330 e. The van der Waals surface area contributed by atoms with Crippen LogP contribution < -0.4 is 0 Å². The number of benzene rings is 1. The zero-order valence-electron chi connectivity index (χ0n) is 11.5. The summed E-state index contributed by atoms with van der Waals surface area (Å²) in [4.78, 5) is 26.1. The molecular weight excluding hydrogens is 254 g/mol. The molecule has 2 heterocycles. The summed E-state index contributed by atoms with van der Waals surface area (Å²) in [6.07, 6.45) is 4.54. The van der Waals surface area contributed by atoms with Crippen molar-refractivity contribution in [3.63, 3.8) is 0 Å². The zero-order chi connectivity index (χ0) is 14.1. The molecule has 1 unspecified atom stereocenters. The molecule has 1 amide bonds. The first-order valence-electron chi connectivity index (χ1n) is 6.92. The molecule has 1 fully saturated rings. The summed E-state index contributed by atoms with van der Waals surface area (Å²) in [6.45, 7) is 0.760. The highest BCUT2D eigenvalue weighted by atomic mass is 16.5. The molecule has 0 saturated carbocycles. The van der Waals surface area contributed by atoms with Gasteiger partial charge >= 0.3 is 5.97 Å². The highest BCUT2D eigenvalue weighted by Gasteiger charge is 2.37. The van der Waals surface area contributed by atoms with Crippen molar-refractivity contribution in [3.05, 3.63) is 41.5 Å². The van der Waals surface area contributed by atoms with Gasteiger partial charge in [-0.15, -0.1) is 0 Å². The normalized spacial score (nSPS) is 23.2. The van der Waals surface area contributed by atoms with Crippen LogP contribution in [0.15, 0.2) is 30.3 Å². The standard InChI is InChI=1S/C16H17NO3/c1-20-15(18)10-13-11-6-2-3-7-12(11)16(19)17-9-5-4-8-14(13)17/h2-3,6-7,10,14H,4-5,8-9H2,1H3/b13-10-. The van der Waals surface area contributed by atoms with E-state index in [1.807, 2.05) is 29.2 Å². The molecule has 20 heavy (non-hydrogen) atoms. The molecule has 104 valence electrons. The van der Waals surface area contributed by atoms with Gasteiger partial charge in [0.05, 0.1) is 13.2 Å². The van der Waals surface area contributed by atoms with Crippen LogP contribution in [0.3, 0.4) is 0 Å². The van der Waals surface area contributed by atoms with Gasteiger partial charge in [-0.25, -0.2) is 4.79 Å². The predicted octanol–water partition coefficient (Wildman–Crippen LogP) is 2.25. The number of carbonyl (C=O) groups is 2. The minimum Gasteiger partial charge on any atom is -0.466 e. The van der Waals surface area contributed by atoms with E-state index in [0.717, 1.165) is 36.9 Å². The molecule has 0 spiro atoms. The van der Waals surface area contributed by atoms with Crippen LogP contribution in [0.25, 0.3) is 5.57 Å². The van der Waals surface area contributed by atoms with Crippen molar-refractivity contribution in [3.8, 4) is 0 Å². The van der Waals surface area contributed by atoms with E-state index in [4.69, 9.17) is 4.74 Å². The maximum absolute atomic E-state index is 12.5. The topological polar surface area (TPSA) is 46.6 Å². The number of amides is 1. The van der Waals surface area contributed by atoms with E-state index in [9.17, 15) is 9.59 Å². The predicted molar refractivity (Wildman–Crippen MR) is 75.1 cm³/mol. The molecule has 1 atom stereocenters. The highest BCUT2D eigenvalue weighted by molar-refractivity contribution is 6.06. The Morgan fingerprint density at radius 1 is 1.30 bits per heavy atom. The number of hydrogen-bond donors (Lipinski definition) is 0. The number of fused-ring (bicyclic) bond motifs is 2. The van der Waals surface area contributed by atoms with Gasteiger partial charge in [-0.05, 0) is 36.5 Å². The third kappa shape index (κ3) is 2.01. The van der Waals surface area contributed by atoms with Gasteiger partial charge < -0.3 is 9.64 Å². The van der Waals surface area contributed by atoms with E-state index in [1.165, 1.54) is 13.2 Å². The molecule has 0 N–H and O–H groups in total. The largest absolute Gasteiger partial charge is 0.466 e. The summed E-state index contributed by atoms with van der Waals surface area (Å²) in [5.74, 6) is -0.290. The Kier molecular flexibility index (Phi) is 3.30. The summed E-state index contributed by atoms with van der Waals surface area (Å²) >= 11 is 0. The Morgan fingerprint density at radius 3 is 2.80 bits per heavy atom. The quantitative estimate of drug-likeness (QED) is 0.581. The average Bonchev–Trinajstić information content (AvgIpc) is 2.51. The van der Waals surface area contributed by atoms with Gasteiger partial charge in [0.2, 0.25) is 0 Å². The molecule has 2 aliphatic heterocycles. The zero-order valence-corrected chi connectivity index (χ0v) is 11.5. The molecule has 2 aliphatic rings. The third-order valence-electron chi connectivity index (χ3n) is 4.07. The molecule has 0 aliphatic carbocycles. The fourth-order valence-corrected chi connectivity index (χ4v) is 3.11. The van der Waals surface area contributed by atoms with Crippen LogP contribution in [-0.4, -0.2) is 36.5 Å².